The molecule has 2 saturated heterocycles. The summed E-state index contributed by atoms with van der Waals surface area (Å²) in [6.07, 6.45) is 2.69. The number of hydrogen-bond donors (Lipinski definition) is 2. The Labute approximate surface area is 163 Å². The van der Waals surface area contributed by atoms with Crippen LogP contribution in [0, 0.1) is 0 Å². The first kappa shape index (κ1) is 21.3. The summed E-state index contributed by atoms with van der Waals surface area (Å²) in [5, 5.41) is 7.59. The van der Waals surface area contributed by atoms with Crippen LogP contribution in [0.1, 0.15) is 26.7 Å². The van der Waals surface area contributed by atoms with Crippen molar-refractivity contribution in [3.63, 3.8) is 0 Å². The Kier molecular flexibility index (Phi) is 11.7. The van der Waals surface area contributed by atoms with E-state index in [0.29, 0.717) is 0 Å². The van der Waals surface area contributed by atoms with Crippen LogP contribution in [0.4, 0.5) is 0 Å². The van der Waals surface area contributed by atoms with Gasteiger partial charge in [-0.05, 0) is 32.1 Å². The molecule has 0 amide bonds. The highest BCUT2D eigenvalue weighted by molar-refractivity contribution is 14.0. The predicted octanol–water partition coefficient (Wildman–Crippen LogP) is 1.69. The fourth-order valence-corrected chi connectivity index (χ4v) is 4.16. The molecule has 0 aliphatic carbocycles. The highest BCUT2D eigenvalue weighted by Gasteiger charge is 2.16. The predicted molar refractivity (Wildman–Crippen MR) is 113 cm³/mol. The number of aliphatic imine (C=N–C) groups is 1. The molecule has 1 atom stereocenters. The molecule has 2 fully saturated rings. The summed E-state index contributed by atoms with van der Waals surface area (Å²) < 4.78 is 0. The van der Waals surface area contributed by atoms with Gasteiger partial charge in [-0.3, -0.25) is 9.89 Å². The lowest BCUT2D eigenvalue weighted by Crippen LogP contribution is -2.49. The molecule has 0 spiro atoms. The van der Waals surface area contributed by atoms with Gasteiger partial charge in [-0.25, -0.2) is 0 Å². The first-order chi connectivity index (χ1) is 10.8. The van der Waals surface area contributed by atoms with E-state index in [1.165, 1.54) is 51.3 Å². The Morgan fingerprint density at radius 1 is 1.13 bits per heavy atom. The van der Waals surface area contributed by atoms with Gasteiger partial charge in [0.1, 0.15) is 0 Å². The van der Waals surface area contributed by atoms with Crippen LogP contribution in [0.3, 0.4) is 0 Å². The monoisotopic (exact) mass is 455 g/mol. The van der Waals surface area contributed by atoms with Crippen molar-refractivity contribution in [3.8, 4) is 0 Å². The maximum Gasteiger partial charge on any atom is 0.191 e. The average molecular weight is 455 g/mol. The lowest BCUT2D eigenvalue weighted by molar-refractivity contribution is 0.139. The van der Waals surface area contributed by atoms with Crippen LogP contribution < -0.4 is 10.6 Å². The van der Waals surface area contributed by atoms with Crippen LogP contribution >= 0.6 is 35.7 Å². The Bertz CT molecular complexity index is 328. The van der Waals surface area contributed by atoms with Gasteiger partial charge in [0.25, 0.3) is 0 Å². The van der Waals surface area contributed by atoms with Gasteiger partial charge in [0.2, 0.25) is 0 Å². The molecule has 7 heteroatoms. The lowest BCUT2D eigenvalue weighted by Gasteiger charge is -2.34. The molecule has 5 nitrogen and oxygen atoms in total. The third-order valence-electron chi connectivity index (χ3n) is 4.45. The van der Waals surface area contributed by atoms with Crippen molar-refractivity contribution >= 4 is 41.7 Å². The van der Waals surface area contributed by atoms with E-state index in [-0.39, 0.29) is 24.0 Å². The highest BCUT2D eigenvalue weighted by Crippen LogP contribution is 2.25. The van der Waals surface area contributed by atoms with Crippen LogP contribution in [-0.4, -0.2) is 85.7 Å². The second-order valence-electron chi connectivity index (χ2n) is 6.06. The average Bonchev–Trinajstić information content (AvgIpc) is 3.06. The minimum absolute atomic E-state index is 0. The van der Waals surface area contributed by atoms with E-state index < -0.39 is 0 Å². The number of piperazine rings is 1. The molecule has 2 rings (SSSR count). The Balaban J connectivity index is 0.00000264. The smallest absolute Gasteiger partial charge is 0.191 e. The number of guanidine groups is 1. The van der Waals surface area contributed by atoms with Crippen molar-refractivity contribution in [2.45, 2.75) is 31.9 Å². The fraction of sp³-hybridized carbons (Fsp3) is 0.938. The summed E-state index contributed by atoms with van der Waals surface area (Å²) in [5.41, 5.74) is 0. The molecule has 23 heavy (non-hydrogen) atoms. The molecular formula is C16H34IN5S. The van der Waals surface area contributed by atoms with Gasteiger partial charge in [-0.1, -0.05) is 6.92 Å². The minimum Gasteiger partial charge on any atom is -0.357 e. The molecule has 0 radical (unpaired) electrons. The summed E-state index contributed by atoms with van der Waals surface area (Å²) >= 11 is 2.08. The van der Waals surface area contributed by atoms with Gasteiger partial charge in [-0.15, -0.1) is 24.0 Å². The molecule has 2 aliphatic heterocycles. The molecule has 0 aromatic heterocycles. The number of nitrogens with one attached hydrogen (secondary N) is 2. The van der Waals surface area contributed by atoms with Crippen molar-refractivity contribution in [1.82, 2.24) is 20.4 Å². The third kappa shape index (κ3) is 8.27. The van der Waals surface area contributed by atoms with E-state index >= 15 is 0 Å². The summed E-state index contributed by atoms with van der Waals surface area (Å²) in [6.45, 7) is 14.4. The van der Waals surface area contributed by atoms with E-state index in [0.717, 1.165) is 37.4 Å². The van der Waals surface area contributed by atoms with Crippen LogP contribution in [0.25, 0.3) is 0 Å². The summed E-state index contributed by atoms with van der Waals surface area (Å²) in [6, 6.07) is 0. The zero-order chi connectivity index (χ0) is 15.6. The summed E-state index contributed by atoms with van der Waals surface area (Å²) in [5.74, 6) is 2.30. The molecule has 0 bridgehead atoms. The normalized spacial score (nSPS) is 23.6. The van der Waals surface area contributed by atoms with Crippen molar-refractivity contribution in [1.29, 1.82) is 0 Å². The van der Waals surface area contributed by atoms with E-state index in [1.807, 2.05) is 0 Å². The molecular weight excluding hydrogens is 421 g/mol. The van der Waals surface area contributed by atoms with Crippen molar-refractivity contribution in [2.24, 2.45) is 4.99 Å². The van der Waals surface area contributed by atoms with Crippen LogP contribution in [0.2, 0.25) is 0 Å². The molecule has 0 saturated carbocycles. The maximum absolute atomic E-state index is 4.75. The molecule has 1 unspecified atom stereocenters. The molecule has 0 aromatic carbocycles. The van der Waals surface area contributed by atoms with Gasteiger partial charge in [0.15, 0.2) is 5.96 Å². The van der Waals surface area contributed by atoms with Crippen molar-refractivity contribution in [3.05, 3.63) is 0 Å². The van der Waals surface area contributed by atoms with Crippen molar-refractivity contribution in [2.75, 3.05) is 64.7 Å². The zero-order valence-electron chi connectivity index (χ0n) is 14.7. The molecule has 2 aliphatic rings. The number of hydrogen-bond acceptors (Lipinski definition) is 4. The third-order valence-corrected chi connectivity index (χ3v) is 5.83. The minimum atomic E-state index is 0. The van der Waals surface area contributed by atoms with E-state index in [9.17, 15) is 0 Å². The van der Waals surface area contributed by atoms with Gasteiger partial charge in [0, 0.05) is 51.1 Å². The van der Waals surface area contributed by atoms with E-state index in [1.54, 1.807) is 0 Å². The van der Waals surface area contributed by atoms with Crippen LogP contribution in [-0.2, 0) is 0 Å². The van der Waals surface area contributed by atoms with Crippen molar-refractivity contribution < 1.29 is 0 Å². The quantitative estimate of drug-likeness (QED) is 0.348. The number of nitrogens with zero attached hydrogens (tertiary/aromatic N) is 3. The number of thioether (sulfide) groups is 1. The topological polar surface area (TPSA) is 42.9 Å². The van der Waals surface area contributed by atoms with E-state index in [2.05, 4.69) is 46.0 Å². The fourth-order valence-electron chi connectivity index (χ4n) is 2.98. The second kappa shape index (κ2) is 12.6. The molecule has 136 valence electrons. The first-order valence-electron chi connectivity index (χ1n) is 8.90. The Morgan fingerprint density at radius 3 is 2.48 bits per heavy atom. The molecule has 2 heterocycles. The highest BCUT2D eigenvalue weighted by atomic mass is 127. The van der Waals surface area contributed by atoms with Gasteiger partial charge in [-0.2, -0.15) is 11.8 Å². The van der Waals surface area contributed by atoms with Crippen LogP contribution in [0.15, 0.2) is 4.99 Å². The van der Waals surface area contributed by atoms with Gasteiger partial charge in [0.05, 0.1) is 6.54 Å². The van der Waals surface area contributed by atoms with Gasteiger partial charge >= 0.3 is 0 Å². The summed E-state index contributed by atoms with van der Waals surface area (Å²) in [7, 11) is 0. The largest absolute Gasteiger partial charge is 0.357 e. The van der Waals surface area contributed by atoms with Gasteiger partial charge < -0.3 is 15.5 Å². The maximum atomic E-state index is 4.75. The van der Waals surface area contributed by atoms with E-state index in [4.69, 9.17) is 4.99 Å². The Morgan fingerprint density at radius 2 is 1.87 bits per heavy atom. The zero-order valence-corrected chi connectivity index (χ0v) is 17.9. The second-order valence-corrected chi connectivity index (χ2v) is 7.47. The first-order valence-corrected chi connectivity index (χ1v) is 9.95. The SMILES string of the molecule is CCNC(=NCC1CCCS1)NCCN1CCN(CC)CC1.I. The van der Waals surface area contributed by atoms with Crippen LogP contribution in [0.5, 0.6) is 0 Å². The number of halogens is 1. The Hall–Kier alpha value is 0.270. The molecule has 0 aromatic rings. The number of rotatable bonds is 7. The molecule has 2 N–H and O–H groups in total. The lowest BCUT2D eigenvalue weighted by atomic mass is 10.2. The number of likely N-dealkylation sites (N-methyl/N-ethyl adjacent to an activating group) is 1. The standard InChI is InChI=1S/C16H33N5S.HI/c1-3-17-16(19-14-15-6-5-13-22-15)18-7-8-21-11-9-20(4-2)10-12-21;/h15H,3-14H2,1-2H3,(H2,17,18,19);1H. The summed E-state index contributed by atoms with van der Waals surface area (Å²) in [4.78, 5) is 9.82.